The summed E-state index contributed by atoms with van der Waals surface area (Å²) in [6.45, 7) is 2.75. The molecule has 0 aliphatic heterocycles. The molecule has 0 heterocycles. The van der Waals surface area contributed by atoms with Crippen molar-refractivity contribution in [1.29, 1.82) is 0 Å². The Morgan fingerprint density at radius 2 is 1.85 bits per heavy atom. The van der Waals surface area contributed by atoms with E-state index in [1.807, 2.05) is 0 Å². The highest BCUT2D eigenvalue weighted by molar-refractivity contribution is 7.27. The molecule has 0 rings (SSSR count). The van der Waals surface area contributed by atoms with Gasteiger partial charge in [0.1, 0.15) is 0 Å². The molecular weight excluding hydrogens is 345 g/mol. The maximum absolute atomic E-state index is 12.6. The third-order valence-corrected chi connectivity index (χ3v) is 2.83. The van der Waals surface area contributed by atoms with E-state index in [4.69, 9.17) is 33.0 Å². The van der Waals surface area contributed by atoms with Crippen molar-refractivity contribution < 1.29 is 32.6 Å². The first-order valence-electron chi connectivity index (χ1n) is 5.25. The van der Waals surface area contributed by atoms with Gasteiger partial charge in [0.2, 0.25) is 4.20 Å². The number of halogens is 5. The van der Waals surface area contributed by atoms with Crippen molar-refractivity contribution in [3.63, 3.8) is 0 Å². The summed E-state index contributed by atoms with van der Waals surface area (Å²) < 4.78 is 40.1. The normalized spacial score (nSPS) is 15.6. The number of carbonyl (C=O) groups is 2. The van der Waals surface area contributed by atoms with Crippen LogP contribution in [0.3, 0.4) is 0 Å². The molecule has 0 bridgehead atoms. The van der Waals surface area contributed by atoms with Gasteiger partial charge in [-0.3, -0.25) is 9.69 Å². The molecule has 20 heavy (non-hydrogen) atoms. The highest BCUT2D eigenvalue weighted by Crippen LogP contribution is 2.39. The fourth-order valence-corrected chi connectivity index (χ4v) is 2.10. The first kappa shape index (κ1) is 19.7. The molecule has 0 fully saturated rings. The number of hydrogen-bond donors (Lipinski definition) is 1. The smallest absolute Gasteiger partial charge is 0.471 e. The van der Waals surface area contributed by atoms with Crippen LogP contribution < -0.4 is 0 Å². The summed E-state index contributed by atoms with van der Waals surface area (Å²) in [5.74, 6) is -4.20. The van der Waals surface area contributed by atoms with Gasteiger partial charge in [-0.05, 0) is 13.8 Å². The van der Waals surface area contributed by atoms with Gasteiger partial charge >= 0.3 is 18.1 Å². The number of carbonyl (C=O) groups excluding carboxylic acids is 1. The quantitative estimate of drug-likeness (QED) is 0.449. The SMILES string of the molecule is CCOC(C)C(C(=O)O)N(C(=O)C(F)(F)F)C(P)(Cl)Cl. The summed E-state index contributed by atoms with van der Waals surface area (Å²) in [5.41, 5.74) is 0. The Bertz CT molecular complexity index is 375. The van der Waals surface area contributed by atoms with E-state index in [1.54, 1.807) is 9.24 Å². The molecule has 0 saturated heterocycles. The number of ether oxygens (including phenoxy) is 1. The van der Waals surface area contributed by atoms with Crippen molar-refractivity contribution in [2.75, 3.05) is 6.61 Å². The molecule has 0 aromatic heterocycles. The van der Waals surface area contributed by atoms with Crippen LogP contribution in [0.5, 0.6) is 0 Å². The number of rotatable bonds is 6. The van der Waals surface area contributed by atoms with Crippen molar-refractivity contribution in [1.82, 2.24) is 4.90 Å². The molecule has 3 unspecified atom stereocenters. The standard InChI is InChI=1S/C9H13Cl2F3NO4P/c1-3-19-4(2)5(6(16)17)15(9(10,11)20)7(18)8(12,13)14/h4-5H,3,20H2,1-2H3,(H,16,17). The van der Waals surface area contributed by atoms with Gasteiger partial charge in [-0.2, -0.15) is 13.2 Å². The van der Waals surface area contributed by atoms with Crippen LogP contribution in [0.1, 0.15) is 13.8 Å². The molecule has 0 saturated carbocycles. The Morgan fingerprint density at radius 3 is 2.10 bits per heavy atom. The van der Waals surface area contributed by atoms with E-state index in [0.29, 0.717) is 0 Å². The van der Waals surface area contributed by atoms with Crippen LogP contribution in [-0.2, 0) is 14.3 Å². The molecule has 1 amide bonds. The van der Waals surface area contributed by atoms with Crippen molar-refractivity contribution in [3.8, 4) is 0 Å². The first-order valence-corrected chi connectivity index (χ1v) is 6.58. The average molecular weight is 358 g/mol. The molecule has 0 radical (unpaired) electrons. The third-order valence-electron chi connectivity index (χ3n) is 2.19. The second kappa shape index (κ2) is 7.11. The van der Waals surface area contributed by atoms with Crippen molar-refractivity contribution in [2.45, 2.75) is 36.4 Å². The monoisotopic (exact) mass is 357 g/mol. The van der Waals surface area contributed by atoms with Crippen molar-refractivity contribution in [3.05, 3.63) is 0 Å². The van der Waals surface area contributed by atoms with Crippen LogP contribution in [0.2, 0.25) is 0 Å². The number of hydrogen-bond acceptors (Lipinski definition) is 3. The van der Waals surface area contributed by atoms with E-state index >= 15 is 0 Å². The lowest BCUT2D eigenvalue weighted by atomic mass is 10.1. The largest absolute Gasteiger partial charge is 0.480 e. The maximum atomic E-state index is 12.6. The van der Waals surface area contributed by atoms with E-state index < -0.39 is 34.4 Å². The van der Waals surface area contributed by atoms with E-state index in [2.05, 4.69) is 0 Å². The van der Waals surface area contributed by atoms with Crippen LogP contribution in [-0.4, -0.2) is 51.0 Å². The summed E-state index contributed by atoms with van der Waals surface area (Å²) in [4.78, 5) is 22.3. The maximum Gasteiger partial charge on any atom is 0.471 e. The fourth-order valence-electron chi connectivity index (χ4n) is 1.46. The van der Waals surface area contributed by atoms with Gasteiger partial charge in [-0.1, -0.05) is 32.4 Å². The predicted octanol–water partition coefficient (Wildman–Crippen LogP) is 2.22. The number of alkyl halides is 5. The minimum absolute atomic E-state index is 0.0351. The van der Waals surface area contributed by atoms with Crippen LogP contribution in [0, 0.1) is 0 Å². The minimum atomic E-state index is -5.33. The van der Waals surface area contributed by atoms with Gasteiger partial charge in [0.25, 0.3) is 0 Å². The zero-order valence-electron chi connectivity index (χ0n) is 10.4. The van der Waals surface area contributed by atoms with Gasteiger partial charge in [0, 0.05) is 6.61 Å². The van der Waals surface area contributed by atoms with Crippen molar-refractivity contribution in [2.24, 2.45) is 0 Å². The number of carboxylic acids is 1. The summed E-state index contributed by atoms with van der Waals surface area (Å²) in [5, 5.41) is 9.05. The van der Waals surface area contributed by atoms with E-state index in [9.17, 15) is 22.8 Å². The van der Waals surface area contributed by atoms with E-state index in [1.165, 1.54) is 13.8 Å². The van der Waals surface area contributed by atoms with Crippen molar-refractivity contribution >= 4 is 44.3 Å². The molecule has 0 aromatic rings. The molecule has 0 aromatic carbocycles. The molecule has 3 atom stereocenters. The van der Waals surface area contributed by atoms with Gasteiger partial charge in [-0.15, -0.1) is 0 Å². The summed E-state index contributed by atoms with van der Waals surface area (Å²) in [6.07, 6.45) is -6.58. The zero-order valence-corrected chi connectivity index (χ0v) is 13.1. The summed E-state index contributed by atoms with van der Waals surface area (Å²) in [7, 11) is 1.57. The molecule has 1 N–H and O–H groups in total. The zero-order chi connectivity index (χ0) is 16.3. The Hall–Kier alpha value is -0.300. The lowest BCUT2D eigenvalue weighted by Gasteiger charge is -2.38. The lowest BCUT2D eigenvalue weighted by molar-refractivity contribution is -0.193. The fraction of sp³-hybridized carbons (Fsp3) is 0.778. The van der Waals surface area contributed by atoms with Gasteiger partial charge in [0.15, 0.2) is 6.04 Å². The second-order valence-corrected chi connectivity index (χ2v) is 6.62. The Labute approximate surface area is 125 Å². The number of aliphatic carboxylic acids is 1. The van der Waals surface area contributed by atoms with Crippen LogP contribution in [0.15, 0.2) is 0 Å². The van der Waals surface area contributed by atoms with Gasteiger partial charge in [0.05, 0.1) is 6.10 Å². The molecule has 0 aliphatic rings. The number of amides is 1. The summed E-state index contributed by atoms with van der Waals surface area (Å²) in [6, 6.07) is -2.00. The van der Waals surface area contributed by atoms with Crippen LogP contribution >= 0.6 is 32.4 Å². The molecule has 0 spiro atoms. The highest BCUT2D eigenvalue weighted by Gasteiger charge is 2.53. The molecule has 5 nitrogen and oxygen atoms in total. The molecular formula is C9H13Cl2F3NO4P. The third kappa shape index (κ3) is 5.24. The highest BCUT2D eigenvalue weighted by atomic mass is 35.5. The number of carboxylic acid groups (broad SMARTS) is 1. The Kier molecular flexibility index (Phi) is 7.01. The molecule has 0 aliphatic carbocycles. The van der Waals surface area contributed by atoms with Gasteiger partial charge in [-0.25, -0.2) is 4.79 Å². The van der Waals surface area contributed by atoms with Crippen LogP contribution in [0.25, 0.3) is 0 Å². The van der Waals surface area contributed by atoms with E-state index in [0.717, 1.165) is 0 Å². The predicted molar refractivity (Wildman–Crippen MR) is 69.6 cm³/mol. The molecule has 118 valence electrons. The lowest BCUT2D eigenvalue weighted by Crippen LogP contribution is -2.59. The average Bonchev–Trinajstić information content (AvgIpc) is 2.21. The number of nitrogens with zero attached hydrogens (tertiary/aromatic N) is 1. The van der Waals surface area contributed by atoms with Gasteiger partial charge < -0.3 is 9.84 Å². The van der Waals surface area contributed by atoms with Crippen LogP contribution in [0.4, 0.5) is 13.2 Å². The minimum Gasteiger partial charge on any atom is -0.480 e. The second-order valence-electron chi connectivity index (χ2n) is 3.70. The summed E-state index contributed by atoms with van der Waals surface area (Å²) >= 11 is 11.0. The first-order chi connectivity index (χ1) is 8.84. The Morgan fingerprint density at radius 1 is 1.40 bits per heavy atom. The van der Waals surface area contributed by atoms with E-state index in [-0.39, 0.29) is 11.5 Å². The molecule has 11 heteroatoms. The topological polar surface area (TPSA) is 66.8 Å². The Balaban J connectivity index is 5.70.